The number of aromatic nitrogens is 2. The molecule has 0 bridgehead atoms. The standard InChI is InChI=1S/C16H19N3O2/c1-11-6-5-9-19(10-11)16(20)14-8-4-3-7-13(14)15-18-17-12(2)21-15/h3-4,7-8,11H,5-6,9-10H2,1-2H3. The number of carbonyl (C=O) groups excluding carboxylic acids is 1. The van der Waals surface area contributed by atoms with Gasteiger partial charge in [0, 0.05) is 20.0 Å². The molecule has 1 unspecified atom stereocenters. The summed E-state index contributed by atoms with van der Waals surface area (Å²) >= 11 is 0. The quantitative estimate of drug-likeness (QED) is 0.851. The minimum Gasteiger partial charge on any atom is -0.421 e. The molecular weight excluding hydrogens is 266 g/mol. The Balaban J connectivity index is 1.93. The highest BCUT2D eigenvalue weighted by atomic mass is 16.4. The fourth-order valence-corrected chi connectivity index (χ4v) is 2.81. The summed E-state index contributed by atoms with van der Waals surface area (Å²) in [4.78, 5) is 14.7. The van der Waals surface area contributed by atoms with E-state index in [0.29, 0.717) is 28.8 Å². The lowest BCUT2D eigenvalue weighted by atomic mass is 9.98. The first-order chi connectivity index (χ1) is 10.1. The van der Waals surface area contributed by atoms with Gasteiger partial charge in [0.05, 0.1) is 11.1 Å². The summed E-state index contributed by atoms with van der Waals surface area (Å²) in [7, 11) is 0. The van der Waals surface area contributed by atoms with Gasteiger partial charge < -0.3 is 9.32 Å². The smallest absolute Gasteiger partial charge is 0.254 e. The van der Waals surface area contributed by atoms with E-state index in [2.05, 4.69) is 17.1 Å². The van der Waals surface area contributed by atoms with Crippen molar-refractivity contribution < 1.29 is 9.21 Å². The van der Waals surface area contributed by atoms with Gasteiger partial charge in [0.15, 0.2) is 0 Å². The minimum absolute atomic E-state index is 0.0491. The molecule has 1 amide bonds. The van der Waals surface area contributed by atoms with Crippen molar-refractivity contribution in [2.75, 3.05) is 13.1 Å². The molecule has 1 aliphatic heterocycles. The van der Waals surface area contributed by atoms with Crippen LogP contribution < -0.4 is 0 Å². The van der Waals surface area contributed by atoms with E-state index in [9.17, 15) is 4.79 Å². The highest BCUT2D eigenvalue weighted by Crippen LogP contribution is 2.25. The van der Waals surface area contributed by atoms with Crippen molar-refractivity contribution in [1.82, 2.24) is 15.1 Å². The zero-order valence-corrected chi connectivity index (χ0v) is 12.4. The van der Waals surface area contributed by atoms with E-state index in [1.807, 2.05) is 29.2 Å². The number of piperidine rings is 1. The number of rotatable bonds is 2. The Morgan fingerprint density at radius 1 is 1.33 bits per heavy atom. The third kappa shape index (κ3) is 2.82. The van der Waals surface area contributed by atoms with Crippen molar-refractivity contribution in [3.8, 4) is 11.5 Å². The SMILES string of the molecule is Cc1nnc(-c2ccccc2C(=O)N2CCCC(C)C2)o1. The molecule has 3 rings (SSSR count). The van der Waals surface area contributed by atoms with Gasteiger partial charge in [0.1, 0.15) is 0 Å². The average molecular weight is 285 g/mol. The zero-order chi connectivity index (χ0) is 14.8. The van der Waals surface area contributed by atoms with Gasteiger partial charge in [0.2, 0.25) is 11.8 Å². The van der Waals surface area contributed by atoms with Crippen molar-refractivity contribution in [2.24, 2.45) is 5.92 Å². The summed E-state index contributed by atoms with van der Waals surface area (Å²) in [6.07, 6.45) is 2.25. The second-order valence-electron chi connectivity index (χ2n) is 5.67. The molecule has 0 N–H and O–H groups in total. The van der Waals surface area contributed by atoms with Crippen molar-refractivity contribution in [3.63, 3.8) is 0 Å². The molecule has 2 heterocycles. The van der Waals surface area contributed by atoms with Crippen LogP contribution in [0.15, 0.2) is 28.7 Å². The van der Waals surface area contributed by atoms with Gasteiger partial charge in [-0.05, 0) is 30.9 Å². The van der Waals surface area contributed by atoms with Crippen molar-refractivity contribution in [1.29, 1.82) is 0 Å². The monoisotopic (exact) mass is 285 g/mol. The normalized spacial score (nSPS) is 18.8. The predicted molar refractivity (Wildman–Crippen MR) is 78.8 cm³/mol. The number of likely N-dealkylation sites (tertiary alicyclic amines) is 1. The van der Waals surface area contributed by atoms with Crippen molar-refractivity contribution >= 4 is 5.91 Å². The molecular formula is C16H19N3O2. The van der Waals surface area contributed by atoms with Crippen LogP contribution in [-0.2, 0) is 0 Å². The van der Waals surface area contributed by atoms with Crippen LogP contribution >= 0.6 is 0 Å². The van der Waals surface area contributed by atoms with Gasteiger partial charge >= 0.3 is 0 Å². The van der Waals surface area contributed by atoms with E-state index in [0.717, 1.165) is 19.5 Å². The molecule has 0 saturated carbocycles. The Kier molecular flexibility index (Phi) is 3.73. The predicted octanol–water partition coefficient (Wildman–Crippen LogP) is 2.92. The Morgan fingerprint density at radius 2 is 2.14 bits per heavy atom. The molecule has 0 spiro atoms. The van der Waals surface area contributed by atoms with Gasteiger partial charge in [-0.1, -0.05) is 19.1 Å². The molecule has 5 nitrogen and oxygen atoms in total. The lowest BCUT2D eigenvalue weighted by Crippen LogP contribution is -2.39. The molecule has 1 aliphatic rings. The molecule has 1 atom stereocenters. The van der Waals surface area contributed by atoms with E-state index in [-0.39, 0.29) is 5.91 Å². The van der Waals surface area contributed by atoms with E-state index < -0.39 is 0 Å². The number of carbonyl (C=O) groups is 1. The highest BCUT2D eigenvalue weighted by Gasteiger charge is 2.25. The van der Waals surface area contributed by atoms with Crippen LogP contribution in [0.3, 0.4) is 0 Å². The highest BCUT2D eigenvalue weighted by molar-refractivity contribution is 6.00. The topological polar surface area (TPSA) is 59.2 Å². The molecule has 5 heteroatoms. The molecule has 1 fully saturated rings. The number of amides is 1. The molecule has 0 aliphatic carbocycles. The Hall–Kier alpha value is -2.17. The summed E-state index contributed by atoms with van der Waals surface area (Å²) in [5, 5.41) is 7.88. The van der Waals surface area contributed by atoms with Crippen LogP contribution in [0.25, 0.3) is 11.5 Å². The van der Waals surface area contributed by atoms with Crippen molar-refractivity contribution in [3.05, 3.63) is 35.7 Å². The number of benzene rings is 1. The van der Waals surface area contributed by atoms with Crippen LogP contribution in [0.2, 0.25) is 0 Å². The first kappa shape index (κ1) is 13.8. The van der Waals surface area contributed by atoms with E-state index in [4.69, 9.17) is 4.42 Å². The van der Waals surface area contributed by atoms with E-state index in [1.54, 1.807) is 6.92 Å². The summed E-state index contributed by atoms with van der Waals surface area (Å²) in [6.45, 7) is 5.57. The fourth-order valence-electron chi connectivity index (χ4n) is 2.81. The number of hydrogen-bond acceptors (Lipinski definition) is 4. The molecule has 110 valence electrons. The maximum atomic E-state index is 12.8. The summed E-state index contributed by atoms with van der Waals surface area (Å²) in [5.41, 5.74) is 1.34. The number of hydrogen-bond donors (Lipinski definition) is 0. The van der Waals surface area contributed by atoms with Crippen LogP contribution in [0, 0.1) is 12.8 Å². The van der Waals surface area contributed by atoms with Crippen LogP contribution in [0.5, 0.6) is 0 Å². The van der Waals surface area contributed by atoms with Gasteiger partial charge in [-0.15, -0.1) is 10.2 Å². The first-order valence-corrected chi connectivity index (χ1v) is 7.34. The summed E-state index contributed by atoms with van der Waals surface area (Å²) < 4.78 is 5.48. The van der Waals surface area contributed by atoms with E-state index in [1.165, 1.54) is 6.42 Å². The molecule has 21 heavy (non-hydrogen) atoms. The Morgan fingerprint density at radius 3 is 2.86 bits per heavy atom. The Bertz CT molecular complexity index is 650. The maximum Gasteiger partial charge on any atom is 0.254 e. The number of aryl methyl sites for hydroxylation is 1. The second-order valence-corrected chi connectivity index (χ2v) is 5.67. The van der Waals surface area contributed by atoms with Gasteiger partial charge in [-0.25, -0.2) is 0 Å². The second kappa shape index (κ2) is 5.68. The first-order valence-electron chi connectivity index (χ1n) is 7.34. The lowest BCUT2D eigenvalue weighted by molar-refractivity contribution is 0.0683. The molecule has 1 aromatic heterocycles. The minimum atomic E-state index is 0.0491. The summed E-state index contributed by atoms with van der Waals surface area (Å²) in [5.74, 6) is 1.51. The zero-order valence-electron chi connectivity index (χ0n) is 12.4. The molecule has 2 aromatic rings. The van der Waals surface area contributed by atoms with Crippen LogP contribution in [0.1, 0.15) is 36.0 Å². The number of nitrogens with zero attached hydrogens (tertiary/aromatic N) is 3. The van der Waals surface area contributed by atoms with Gasteiger partial charge in [-0.3, -0.25) is 4.79 Å². The average Bonchev–Trinajstić information content (AvgIpc) is 2.93. The third-order valence-corrected chi connectivity index (χ3v) is 3.86. The van der Waals surface area contributed by atoms with Crippen molar-refractivity contribution in [2.45, 2.75) is 26.7 Å². The molecule has 1 aromatic carbocycles. The van der Waals surface area contributed by atoms with Crippen LogP contribution in [0.4, 0.5) is 0 Å². The van der Waals surface area contributed by atoms with Gasteiger partial charge in [-0.2, -0.15) is 0 Å². The maximum absolute atomic E-state index is 12.8. The van der Waals surface area contributed by atoms with Crippen LogP contribution in [-0.4, -0.2) is 34.1 Å². The molecule has 1 saturated heterocycles. The van der Waals surface area contributed by atoms with E-state index >= 15 is 0 Å². The summed E-state index contributed by atoms with van der Waals surface area (Å²) in [6, 6.07) is 7.43. The van der Waals surface area contributed by atoms with Gasteiger partial charge in [0.25, 0.3) is 5.91 Å². The third-order valence-electron chi connectivity index (χ3n) is 3.86. The largest absolute Gasteiger partial charge is 0.421 e. The molecule has 0 radical (unpaired) electrons. The Labute approximate surface area is 124 Å². The fraction of sp³-hybridized carbons (Fsp3) is 0.438. The lowest BCUT2D eigenvalue weighted by Gasteiger charge is -2.31.